The number of hydrogen-bond donors (Lipinski definition) is 1. The number of carbonyl (C=O) groups is 3. The van der Waals surface area contributed by atoms with Gasteiger partial charge in [0.15, 0.2) is 9.84 Å². The zero-order valence-electron chi connectivity index (χ0n) is 20.9. The molecule has 1 saturated heterocycles. The number of carbonyl (C=O) groups excluding carboxylic acids is 3. The highest BCUT2D eigenvalue weighted by atomic mass is 32.2. The van der Waals surface area contributed by atoms with Crippen LogP contribution in [0.4, 0.5) is 9.59 Å². The average Bonchev–Trinajstić information content (AvgIpc) is 2.96. The summed E-state index contributed by atoms with van der Waals surface area (Å²) >= 11 is 0. The van der Waals surface area contributed by atoms with E-state index in [0.29, 0.717) is 37.0 Å². The normalized spacial score (nSPS) is 15.7. The molecule has 1 atom stereocenters. The Labute approximate surface area is 208 Å². The largest absolute Gasteiger partial charge is 0.419 e. The molecule has 0 aromatic heterocycles. The summed E-state index contributed by atoms with van der Waals surface area (Å²) in [5.41, 5.74) is 5.98. The minimum absolute atomic E-state index is 0.122. The molecule has 1 aromatic carbocycles. The molecule has 3 amide bonds. The van der Waals surface area contributed by atoms with E-state index in [2.05, 4.69) is 23.5 Å². The smallest absolute Gasteiger partial charge is 0.359 e. The van der Waals surface area contributed by atoms with E-state index in [9.17, 15) is 22.8 Å². The van der Waals surface area contributed by atoms with Gasteiger partial charge in [0.2, 0.25) is 5.91 Å². The Morgan fingerprint density at radius 3 is 2.43 bits per heavy atom. The highest BCUT2D eigenvalue weighted by Crippen LogP contribution is 2.15. The summed E-state index contributed by atoms with van der Waals surface area (Å²) in [6.07, 6.45) is 3.37. The molecule has 11 heteroatoms. The van der Waals surface area contributed by atoms with Crippen molar-refractivity contribution in [2.75, 3.05) is 45.5 Å². The first kappa shape index (κ1) is 28.6. The lowest BCUT2D eigenvalue weighted by molar-refractivity contribution is -0.131. The summed E-state index contributed by atoms with van der Waals surface area (Å²) in [7, 11) is -3.20. The summed E-state index contributed by atoms with van der Waals surface area (Å²) in [4.78, 5) is 40.9. The van der Waals surface area contributed by atoms with Crippen LogP contribution in [0, 0.1) is 0 Å². The van der Waals surface area contributed by atoms with Crippen molar-refractivity contribution >= 4 is 27.9 Å². The molecule has 0 bridgehead atoms. The molecule has 35 heavy (non-hydrogen) atoms. The molecule has 0 aliphatic carbocycles. The Bertz CT molecular complexity index is 967. The Morgan fingerprint density at radius 1 is 1.14 bits per heavy atom. The van der Waals surface area contributed by atoms with Gasteiger partial charge in [0, 0.05) is 31.9 Å². The van der Waals surface area contributed by atoms with Crippen molar-refractivity contribution in [1.82, 2.24) is 14.7 Å². The second kappa shape index (κ2) is 13.4. The van der Waals surface area contributed by atoms with E-state index in [1.807, 2.05) is 12.1 Å². The number of primary amides is 1. The van der Waals surface area contributed by atoms with Crippen LogP contribution < -0.4 is 5.73 Å². The van der Waals surface area contributed by atoms with Crippen molar-refractivity contribution in [2.45, 2.75) is 56.9 Å². The van der Waals surface area contributed by atoms with Crippen molar-refractivity contribution in [3.8, 4) is 0 Å². The van der Waals surface area contributed by atoms with Crippen LogP contribution in [0.3, 0.4) is 0 Å². The highest BCUT2D eigenvalue weighted by Gasteiger charge is 2.26. The van der Waals surface area contributed by atoms with E-state index in [-0.39, 0.29) is 12.5 Å². The fourth-order valence-electron chi connectivity index (χ4n) is 4.26. The monoisotopic (exact) mass is 510 g/mol. The maximum atomic E-state index is 12.6. The Balaban J connectivity index is 1.82. The van der Waals surface area contributed by atoms with Crippen LogP contribution in [0.5, 0.6) is 0 Å². The first-order chi connectivity index (χ1) is 16.5. The molecule has 1 fully saturated rings. The van der Waals surface area contributed by atoms with Crippen molar-refractivity contribution in [3.05, 3.63) is 29.8 Å². The van der Waals surface area contributed by atoms with Gasteiger partial charge in [0.25, 0.3) is 0 Å². The van der Waals surface area contributed by atoms with Gasteiger partial charge in [-0.3, -0.25) is 9.69 Å². The minimum Gasteiger partial charge on any atom is -0.359 e. The van der Waals surface area contributed by atoms with Crippen LogP contribution in [0.25, 0.3) is 0 Å². The van der Waals surface area contributed by atoms with Crippen LogP contribution in [-0.2, 0) is 25.8 Å². The van der Waals surface area contributed by atoms with Gasteiger partial charge in [-0.15, -0.1) is 0 Å². The zero-order chi connectivity index (χ0) is 26.0. The van der Waals surface area contributed by atoms with E-state index in [1.165, 1.54) is 11.2 Å². The van der Waals surface area contributed by atoms with Crippen molar-refractivity contribution in [2.24, 2.45) is 5.73 Å². The molecule has 2 rings (SSSR count). The SMILES string of the molecule is CCCN(CCCCN1CCCN(C(=O)OC(N)=O)CC1=O)C(C)Cc1ccc(S(C)(=O)=O)cc1. The number of benzene rings is 1. The molecule has 2 N–H and O–H groups in total. The number of hydrogen-bond acceptors (Lipinski definition) is 7. The van der Waals surface area contributed by atoms with Gasteiger partial charge >= 0.3 is 12.2 Å². The molecule has 1 aromatic rings. The van der Waals surface area contributed by atoms with Crippen LogP contribution >= 0.6 is 0 Å². The van der Waals surface area contributed by atoms with Gasteiger partial charge in [-0.1, -0.05) is 19.1 Å². The van der Waals surface area contributed by atoms with Crippen molar-refractivity contribution < 1.29 is 27.5 Å². The Morgan fingerprint density at radius 2 is 1.83 bits per heavy atom. The summed E-state index contributed by atoms with van der Waals surface area (Å²) in [6, 6.07) is 7.38. The first-order valence-electron chi connectivity index (χ1n) is 12.1. The van der Waals surface area contributed by atoms with Gasteiger partial charge in [0.1, 0.15) is 6.54 Å². The van der Waals surface area contributed by atoms with Gasteiger partial charge < -0.3 is 20.3 Å². The molecular formula is C24H38N4O6S. The molecule has 1 aliphatic rings. The number of nitrogens with zero attached hydrogens (tertiary/aromatic N) is 3. The van der Waals surface area contributed by atoms with Crippen LogP contribution in [0.15, 0.2) is 29.2 Å². The fourth-order valence-corrected chi connectivity index (χ4v) is 4.89. The fraction of sp³-hybridized carbons (Fsp3) is 0.625. The van der Waals surface area contributed by atoms with E-state index < -0.39 is 22.0 Å². The van der Waals surface area contributed by atoms with Gasteiger partial charge in [-0.25, -0.2) is 18.0 Å². The predicted molar refractivity (Wildman–Crippen MR) is 133 cm³/mol. The van der Waals surface area contributed by atoms with Gasteiger partial charge in [-0.2, -0.15) is 0 Å². The average molecular weight is 511 g/mol. The minimum atomic E-state index is -3.20. The molecule has 1 heterocycles. The zero-order valence-corrected chi connectivity index (χ0v) is 21.8. The standard InChI is InChI=1S/C24H38N4O6S/c1-4-12-26(19(2)17-20-8-10-21(11-9-20)35(3,32)33)13-5-6-14-27-15-7-16-28(18-22(27)29)24(31)34-23(25)30/h8-11,19H,4-7,12-18H2,1-3H3,(H2,25,30). The molecule has 1 aliphatic heterocycles. The summed E-state index contributed by atoms with van der Waals surface area (Å²) < 4.78 is 27.7. The first-order valence-corrected chi connectivity index (χ1v) is 14.0. The van der Waals surface area contributed by atoms with Gasteiger partial charge in [0.05, 0.1) is 4.90 Å². The topological polar surface area (TPSA) is 130 Å². The van der Waals surface area contributed by atoms with E-state index in [0.717, 1.165) is 44.3 Å². The molecular weight excluding hydrogens is 472 g/mol. The van der Waals surface area contributed by atoms with E-state index in [1.54, 1.807) is 17.0 Å². The van der Waals surface area contributed by atoms with E-state index in [4.69, 9.17) is 5.73 Å². The Hall–Kier alpha value is -2.66. The second-order valence-electron chi connectivity index (χ2n) is 9.06. The van der Waals surface area contributed by atoms with Gasteiger partial charge in [-0.05, 0) is 69.8 Å². The molecule has 10 nitrogen and oxygen atoms in total. The lowest BCUT2D eigenvalue weighted by Gasteiger charge is -2.29. The number of rotatable bonds is 11. The molecule has 0 spiro atoms. The number of sulfone groups is 1. The molecule has 196 valence electrons. The lowest BCUT2D eigenvalue weighted by Crippen LogP contribution is -2.41. The van der Waals surface area contributed by atoms with Crippen LogP contribution in [0.1, 0.15) is 45.1 Å². The third-order valence-corrected chi connectivity index (χ3v) is 7.25. The number of ether oxygens (including phenoxy) is 1. The van der Waals surface area contributed by atoms with Crippen molar-refractivity contribution in [1.29, 1.82) is 0 Å². The molecule has 1 unspecified atom stereocenters. The quantitative estimate of drug-likeness (QED) is 0.357. The van der Waals surface area contributed by atoms with Crippen molar-refractivity contribution in [3.63, 3.8) is 0 Å². The second-order valence-corrected chi connectivity index (χ2v) is 11.1. The summed E-state index contributed by atoms with van der Waals surface area (Å²) in [6.45, 7) is 7.56. The highest BCUT2D eigenvalue weighted by molar-refractivity contribution is 7.90. The summed E-state index contributed by atoms with van der Waals surface area (Å²) in [5.74, 6) is -0.166. The summed E-state index contributed by atoms with van der Waals surface area (Å²) in [5, 5.41) is 0. The maximum Gasteiger partial charge on any atom is 0.419 e. The lowest BCUT2D eigenvalue weighted by atomic mass is 10.1. The Kier molecular flexibility index (Phi) is 11.0. The van der Waals surface area contributed by atoms with E-state index >= 15 is 0 Å². The third-order valence-electron chi connectivity index (χ3n) is 6.12. The van der Waals surface area contributed by atoms with Crippen LogP contribution in [-0.4, -0.2) is 92.8 Å². The number of unbranched alkanes of at least 4 members (excludes halogenated alkanes) is 1. The predicted octanol–water partition coefficient (Wildman–Crippen LogP) is 2.26. The number of amides is 3. The molecule has 0 radical (unpaired) electrons. The third kappa shape index (κ3) is 9.48. The number of nitrogens with two attached hydrogens (primary N) is 1. The molecule has 0 saturated carbocycles. The van der Waals surface area contributed by atoms with Crippen LogP contribution in [0.2, 0.25) is 0 Å². The maximum absolute atomic E-state index is 12.6.